The molecule has 2 aliphatic rings. The highest BCUT2D eigenvalue weighted by Crippen LogP contribution is 2.40. The summed E-state index contributed by atoms with van der Waals surface area (Å²) in [6.07, 6.45) is 8.16. The molecule has 1 aromatic rings. The molecular weight excluding hydrogens is 266 g/mol. The summed E-state index contributed by atoms with van der Waals surface area (Å²) in [7, 11) is 1.81. The average molecular weight is 289 g/mol. The molecule has 5 nitrogen and oxygen atoms in total. The average Bonchev–Trinajstić information content (AvgIpc) is 2.53. The molecule has 0 bridgehead atoms. The lowest BCUT2D eigenvalue weighted by Crippen LogP contribution is -2.54. The SMILES string of the molecule is CNc1ccncc1C(=O)N1CCC2(O)CCCCC2C1. The molecule has 1 aliphatic heterocycles. The smallest absolute Gasteiger partial charge is 0.257 e. The molecule has 0 spiro atoms. The maximum atomic E-state index is 12.7. The van der Waals surface area contributed by atoms with Crippen LogP contribution in [-0.2, 0) is 0 Å². The zero-order valence-corrected chi connectivity index (χ0v) is 12.5. The van der Waals surface area contributed by atoms with E-state index in [9.17, 15) is 9.90 Å². The lowest BCUT2D eigenvalue weighted by atomic mass is 9.71. The molecule has 1 amide bonds. The molecule has 1 aromatic heterocycles. The Labute approximate surface area is 125 Å². The van der Waals surface area contributed by atoms with Crippen LogP contribution in [0.2, 0.25) is 0 Å². The van der Waals surface area contributed by atoms with Crippen LogP contribution in [0.1, 0.15) is 42.5 Å². The van der Waals surface area contributed by atoms with E-state index in [4.69, 9.17) is 0 Å². The van der Waals surface area contributed by atoms with Gasteiger partial charge in [0, 0.05) is 44.1 Å². The fourth-order valence-electron chi connectivity index (χ4n) is 3.71. The molecule has 0 aromatic carbocycles. The van der Waals surface area contributed by atoms with Crippen molar-refractivity contribution in [3.63, 3.8) is 0 Å². The van der Waals surface area contributed by atoms with Crippen LogP contribution in [0.25, 0.3) is 0 Å². The normalized spacial score (nSPS) is 28.9. The molecule has 114 valence electrons. The second kappa shape index (κ2) is 5.64. The Hall–Kier alpha value is -1.62. The van der Waals surface area contributed by atoms with Crippen LogP contribution >= 0.6 is 0 Å². The number of anilines is 1. The van der Waals surface area contributed by atoms with Crippen molar-refractivity contribution in [2.45, 2.75) is 37.7 Å². The standard InChI is InChI=1S/C16H23N3O2/c1-17-14-5-8-18-10-13(14)15(20)19-9-7-16(21)6-3-2-4-12(16)11-19/h5,8,10,12,21H,2-4,6-7,9,11H2,1H3,(H,17,18). The minimum atomic E-state index is -0.546. The Morgan fingerprint density at radius 2 is 2.33 bits per heavy atom. The molecule has 1 aliphatic carbocycles. The summed E-state index contributed by atoms with van der Waals surface area (Å²) < 4.78 is 0. The second-order valence-electron chi connectivity index (χ2n) is 6.22. The van der Waals surface area contributed by atoms with Crippen molar-refractivity contribution >= 4 is 11.6 Å². The number of likely N-dealkylation sites (tertiary alicyclic amines) is 1. The molecule has 2 fully saturated rings. The van der Waals surface area contributed by atoms with Crippen LogP contribution in [0.3, 0.4) is 0 Å². The number of hydrogen-bond donors (Lipinski definition) is 2. The Morgan fingerprint density at radius 3 is 3.14 bits per heavy atom. The van der Waals surface area contributed by atoms with Gasteiger partial charge in [0.25, 0.3) is 5.91 Å². The number of nitrogens with one attached hydrogen (secondary N) is 1. The van der Waals surface area contributed by atoms with Gasteiger partial charge in [-0.15, -0.1) is 0 Å². The third-order valence-electron chi connectivity index (χ3n) is 5.04. The Balaban J connectivity index is 1.77. The number of amides is 1. The first-order chi connectivity index (χ1) is 10.1. The van der Waals surface area contributed by atoms with E-state index in [2.05, 4.69) is 10.3 Å². The van der Waals surface area contributed by atoms with Gasteiger partial charge in [0.1, 0.15) is 0 Å². The summed E-state index contributed by atoms with van der Waals surface area (Å²) in [5.41, 5.74) is 0.872. The van der Waals surface area contributed by atoms with Gasteiger partial charge >= 0.3 is 0 Å². The molecule has 2 atom stereocenters. The van der Waals surface area contributed by atoms with E-state index < -0.39 is 5.60 Å². The molecule has 21 heavy (non-hydrogen) atoms. The number of pyridine rings is 1. The van der Waals surface area contributed by atoms with Crippen molar-refractivity contribution in [1.82, 2.24) is 9.88 Å². The summed E-state index contributed by atoms with van der Waals surface area (Å²) in [4.78, 5) is 18.7. The first kappa shape index (κ1) is 14.3. The van der Waals surface area contributed by atoms with Gasteiger partial charge in [0.15, 0.2) is 0 Å². The second-order valence-corrected chi connectivity index (χ2v) is 6.22. The van der Waals surface area contributed by atoms with Crippen LogP contribution in [-0.4, -0.2) is 46.6 Å². The highest BCUT2D eigenvalue weighted by atomic mass is 16.3. The Kier molecular flexibility index (Phi) is 3.85. The number of aliphatic hydroxyl groups is 1. The van der Waals surface area contributed by atoms with Crippen LogP contribution in [0.15, 0.2) is 18.5 Å². The van der Waals surface area contributed by atoms with Crippen molar-refractivity contribution in [3.8, 4) is 0 Å². The molecule has 0 radical (unpaired) electrons. The third-order valence-corrected chi connectivity index (χ3v) is 5.04. The monoisotopic (exact) mass is 289 g/mol. The van der Waals surface area contributed by atoms with E-state index >= 15 is 0 Å². The predicted molar refractivity (Wildman–Crippen MR) is 81.2 cm³/mol. The van der Waals surface area contributed by atoms with Crippen LogP contribution in [0.5, 0.6) is 0 Å². The van der Waals surface area contributed by atoms with Gasteiger partial charge < -0.3 is 15.3 Å². The number of rotatable bonds is 2. The molecule has 1 saturated carbocycles. The highest BCUT2D eigenvalue weighted by molar-refractivity contribution is 5.99. The third kappa shape index (κ3) is 2.62. The number of piperidine rings is 1. The lowest BCUT2D eigenvalue weighted by molar-refractivity contribution is -0.0886. The quantitative estimate of drug-likeness (QED) is 0.872. The zero-order chi connectivity index (χ0) is 14.9. The van der Waals surface area contributed by atoms with Gasteiger partial charge in [0.05, 0.1) is 11.2 Å². The van der Waals surface area contributed by atoms with Crippen LogP contribution < -0.4 is 5.32 Å². The summed E-state index contributed by atoms with van der Waals surface area (Å²) >= 11 is 0. The minimum Gasteiger partial charge on any atom is -0.389 e. The largest absolute Gasteiger partial charge is 0.389 e. The number of hydrogen-bond acceptors (Lipinski definition) is 4. The van der Waals surface area contributed by atoms with Crippen molar-refractivity contribution in [3.05, 3.63) is 24.0 Å². The van der Waals surface area contributed by atoms with Gasteiger partial charge in [-0.2, -0.15) is 0 Å². The molecule has 2 N–H and O–H groups in total. The van der Waals surface area contributed by atoms with Crippen LogP contribution in [0, 0.1) is 5.92 Å². The van der Waals surface area contributed by atoms with E-state index in [1.807, 2.05) is 18.0 Å². The molecule has 3 rings (SSSR count). The van der Waals surface area contributed by atoms with E-state index in [1.165, 1.54) is 0 Å². The number of nitrogens with zero attached hydrogens (tertiary/aromatic N) is 2. The fraction of sp³-hybridized carbons (Fsp3) is 0.625. The van der Waals surface area contributed by atoms with E-state index in [1.54, 1.807) is 12.4 Å². The number of carbonyl (C=O) groups excluding carboxylic acids is 1. The summed E-state index contributed by atoms with van der Waals surface area (Å²) in [6.45, 7) is 1.29. The van der Waals surface area contributed by atoms with E-state index in [0.717, 1.165) is 31.4 Å². The molecular formula is C16H23N3O2. The molecule has 5 heteroatoms. The van der Waals surface area contributed by atoms with Crippen molar-refractivity contribution < 1.29 is 9.90 Å². The van der Waals surface area contributed by atoms with E-state index in [0.29, 0.717) is 25.1 Å². The van der Waals surface area contributed by atoms with Crippen molar-refractivity contribution in [2.24, 2.45) is 5.92 Å². The summed E-state index contributed by atoms with van der Waals surface area (Å²) in [5.74, 6) is 0.235. The number of fused-ring (bicyclic) bond motifs is 1. The maximum absolute atomic E-state index is 12.7. The first-order valence-electron chi connectivity index (χ1n) is 7.77. The van der Waals surface area contributed by atoms with Gasteiger partial charge in [-0.1, -0.05) is 12.8 Å². The van der Waals surface area contributed by atoms with Gasteiger partial charge in [-0.05, 0) is 25.3 Å². The fourth-order valence-corrected chi connectivity index (χ4v) is 3.71. The van der Waals surface area contributed by atoms with Crippen molar-refractivity contribution in [2.75, 3.05) is 25.5 Å². The number of carbonyl (C=O) groups is 1. The summed E-state index contributed by atoms with van der Waals surface area (Å²) in [6, 6.07) is 1.81. The lowest BCUT2D eigenvalue weighted by Gasteiger charge is -2.47. The van der Waals surface area contributed by atoms with Crippen molar-refractivity contribution in [1.29, 1.82) is 0 Å². The predicted octanol–water partition coefficient (Wildman–Crippen LogP) is 1.89. The zero-order valence-electron chi connectivity index (χ0n) is 12.5. The number of aromatic nitrogens is 1. The van der Waals surface area contributed by atoms with E-state index in [-0.39, 0.29) is 11.8 Å². The summed E-state index contributed by atoms with van der Waals surface area (Å²) in [5, 5.41) is 13.7. The molecule has 2 heterocycles. The minimum absolute atomic E-state index is 0.0140. The highest BCUT2D eigenvalue weighted by Gasteiger charge is 2.43. The van der Waals surface area contributed by atoms with Gasteiger partial charge in [-0.3, -0.25) is 9.78 Å². The van der Waals surface area contributed by atoms with Gasteiger partial charge in [0.2, 0.25) is 0 Å². The molecule has 1 saturated heterocycles. The first-order valence-corrected chi connectivity index (χ1v) is 7.77. The Morgan fingerprint density at radius 1 is 1.48 bits per heavy atom. The topological polar surface area (TPSA) is 65.5 Å². The Bertz CT molecular complexity index is 534. The van der Waals surface area contributed by atoms with Gasteiger partial charge in [-0.25, -0.2) is 0 Å². The van der Waals surface area contributed by atoms with Crippen LogP contribution in [0.4, 0.5) is 5.69 Å². The maximum Gasteiger partial charge on any atom is 0.257 e. The molecule has 2 unspecified atom stereocenters.